The van der Waals surface area contributed by atoms with E-state index in [1.807, 2.05) is 0 Å². The Bertz CT molecular complexity index is 1200. The molecule has 1 saturated heterocycles. The van der Waals surface area contributed by atoms with Gasteiger partial charge in [-0.15, -0.1) is 0 Å². The van der Waals surface area contributed by atoms with E-state index in [9.17, 15) is 18.4 Å². The number of amides is 2. The highest BCUT2D eigenvalue weighted by Crippen LogP contribution is 2.33. The third-order valence-electron chi connectivity index (χ3n) is 6.02. The number of nitrogens with two attached hydrogens (primary N) is 1. The van der Waals surface area contributed by atoms with Crippen LogP contribution in [0, 0.1) is 23.2 Å². The fourth-order valence-corrected chi connectivity index (χ4v) is 4.47. The van der Waals surface area contributed by atoms with Crippen molar-refractivity contribution in [2.75, 3.05) is 18.6 Å². The summed E-state index contributed by atoms with van der Waals surface area (Å²) in [5.41, 5.74) is 5.64. The van der Waals surface area contributed by atoms with E-state index in [2.05, 4.69) is 27.5 Å². The number of rotatable bonds is 7. The summed E-state index contributed by atoms with van der Waals surface area (Å²) in [7, 11) is 1.39. The van der Waals surface area contributed by atoms with Gasteiger partial charge in [-0.1, -0.05) is 17.7 Å². The first-order valence-corrected chi connectivity index (χ1v) is 12.8. The van der Waals surface area contributed by atoms with Crippen molar-refractivity contribution in [2.24, 2.45) is 11.7 Å². The van der Waals surface area contributed by atoms with Crippen molar-refractivity contribution < 1.29 is 23.1 Å². The van der Waals surface area contributed by atoms with Crippen LogP contribution in [0.3, 0.4) is 0 Å². The van der Waals surface area contributed by atoms with E-state index in [4.69, 9.17) is 15.9 Å². The Hall–Kier alpha value is -3.43. The molecule has 2 unspecified atom stereocenters. The number of methoxy groups -OCH3 is 1. The average Bonchev–Trinajstić information content (AvgIpc) is 3.71. The number of hydrogen-bond donors (Lipinski definition) is 4. The number of carbonyl (C=O) groups is 2. The number of pyridine rings is 1. The van der Waals surface area contributed by atoms with E-state index in [1.165, 1.54) is 36.5 Å². The van der Waals surface area contributed by atoms with Crippen LogP contribution in [0.5, 0.6) is 0 Å². The van der Waals surface area contributed by atoms with E-state index in [0.717, 1.165) is 37.4 Å². The number of alkyl halides is 2. The van der Waals surface area contributed by atoms with Crippen LogP contribution < -0.4 is 21.3 Å². The molecule has 196 valence electrons. The van der Waals surface area contributed by atoms with Gasteiger partial charge in [0.2, 0.25) is 5.91 Å². The third-order valence-corrected chi connectivity index (χ3v) is 6.73. The molecule has 1 aromatic heterocycles. The number of anilines is 1. The van der Waals surface area contributed by atoms with Crippen molar-refractivity contribution in [3.05, 3.63) is 41.4 Å². The fourth-order valence-electron chi connectivity index (χ4n) is 3.93. The number of allylic oxidation sites excluding steroid dienone is 1. The number of nitrogens with zero attached hydrogens (tertiary/aromatic N) is 2. The molecule has 1 aliphatic carbocycles. The van der Waals surface area contributed by atoms with Crippen molar-refractivity contribution in [1.82, 2.24) is 15.6 Å². The highest BCUT2D eigenvalue weighted by molar-refractivity contribution is 8.14. The molecule has 2 atom stereocenters. The van der Waals surface area contributed by atoms with Gasteiger partial charge in [0.1, 0.15) is 28.2 Å². The van der Waals surface area contributed by atoms with Crippen LogP contribution in [0.15, 0.2) is 30.3 Å². The Morgan fingerprint density at radius 2 is 2.19 bits per heavy atom. The van der Waals surface area contributed by atoms with Crippen molar-refractivity contribution >= 4 is 40.0 Å². The second-order valence-corrected chi connectivity index (χ2v) is 9.95. The lowest BCUT2D eigenvalue weighted by Gasteiger charge is -2.28. The topological polar surface area (TPSA) is 133 Å². The first-order valence-electron chi connectivity index (χ1n) is 11.9. The Morgan fingerprint density at radius 3 is 2.86 bits per heavy atom. The molecule has 2 aliphatic heterocycles. The number of piperidine rings is 1. The Morgan fingerprint density at radius 1 is 1.41 bits per heavy atom. The number of hydrogen-bond acceptors (Lipinski definition) is 8. The van der Waals surface area contributed by atoms with Crippen LogP contribution in [0.25, 0.3) is 5.57 Å². The molecule has 2 fully saturated rings. The van der Waals surface area contributed by atoms with Gasteiger partial charge in [-0.05, 0) is 43.7 Å². The van der Waals surface area contributed by atoms with Crippen LogP contribution in [0.2, 0.25) is 0 Å². The zero-order chi connectivity index (χ0) is 26.5. The standard InChI is InChI=1S/C25H28F2N6O3S/c1-36-19-13-30-18(23(26)27)10-16(19)15-11-21(33-9-3-2-4-22(33)34)31-12-17(15)24(35)32-25(29)37-20(28)8-7-14-5-6-14/h10-14,18,23,25,28,30H,2-6,9,29H2,1H3,(H,32,35). The Balaban J connectivity index is 1.65. The quantitative estimate of drug-likeness (QED) is 0.184. The lowest BCUT2D eigenvalue weighted by atomic mass is 9.95. The highest BCUT2D eigenvalue weighted by atomic mass is 32.2. The number of carbonyl (C=O) groups excluding carboxylic acids is 2. The zero-order valence-electron chi connectivity index (χ0n) is 20.2. The maximum atomic E-state index is 13.6. The molecular formula is C25H28F2N6O3S. The molecule has 4 rings (SSSR count). The van der Waals surface area contributed by atoms with E-state index >= 15 is 0 Å². The number of thioether (sulfide) groups is 1. The van der Waals surface area contributed by atoms with Gasteiger partial charge >= 0.3 is 0 Å². The molecule has 5 N–H and O–H groups in total. The van der Waals surface area contributed by atoms with E-state index in [-0.39, 0.29) is 33.4 Å². The summed E-state index contributed by atoms with van der Waals surface area (Å²) in [5.74, 6) is 5.86. The van der Waals surface area contributed by atoms with Crippen LogP contribution in [0.4, 0.5) is 14.6 Å². The summed E-state index contributed by atoms with van der Waals surface area (Å²) in [4.78, 5) is 31.6. The SMILES string of the molecule is COC1=CNC(C(F)F)C=C1c1cc(N2CCCCC2=O)ncc1C(=O)NC(N)SC(=N)C#CC1CC1. The predicted octanol–water partition coefficient (Wildman–Crippen LogP) is 2.80. The van der Waals surface area contributed by atoms with E-state index in [0.29, 0.717) is 24.7 Å². The monoisotopic (exact) mass is 530 g/mol. The second kappa shape index (κ2) is 11.7. The maximum Gasteiger partial charge on any atom is 0.261 e. The van der Waals surface area contributed by atoms with Gasteiger partial charge < -0.3 is 21.1 Å². The molecule has 0 radical (unpaired) electrons. The zero-order valence-corrected chi connectivity index (χ0v) is 21.0. The summed E-state index contributed by atoms with van der Waals surface area (Å²) in [6.45, 7) is 0.468. The largest absolute Gasteiger partial charge is 0.495 e. The molecule has 0 bridgehead atoms. The first kappa shape index (κ1) is 26.6. The molecule has 0 aromatic carbocycles. The molecule has 9 nitrogen and oxygen atoms in total. The minimum absolute atomic E-state index is 0.0300. The number of halogens is 2. The van der Waals surface area contributed by atoms with E-state index < -0.39 is 23.9 Å². The van der Waals surface area contributed by atoms with Gasteiger partial charge in [0.05, 0.1) is 12.7 Å². The van der Waals surface area contributed by atoms with Gasteiger partial charge in [0.25, 0.3) is 12.3 Å². The molecule has 3 aliphatic rings. The number of aromatic nitrogens is 1. The van der Waals surface area contributed by atoms with Crippen molar-refractivity contribution in [3.63, 3.8) is 0 Å². The number of ether oxygens (including phenoxy) is 1. The van der Waals surface area contributed by atoms with Gasteiger partial charge in [-0.3, -0.25) is 19.9 Å². The number of nitrogens with one attached hydrogen (secondary N) is 3. The minimum atomic E-state index is -2.71. The van der Waals surface area contributed by atoms with E-state index in [1.54, 1.807) is 0 Å². The first-order chi connectivity index (χ1) is 17.8. The van der Waals surface area contributed by atoms with Crippen LogP contribution >= 0.6 is 11.8 Å². The van der Waals surface area contributed by atoms with Gasteiger partial charge in [0.15, 0.2) is 0 Å². The van der Waals surface area contributed by atoms with Crippen LogP contribution in [-0.2, 0) is 9.53 Å². The summed E-state index contributed by atoms with van der Waals surface area (Å²) in [5, 5.41) is 13.2. The minimum Gasteiger partial charge on any atom is -0.495 e. The van der Waals surface area contributed by atoms with Gasteiger partial charge in [-0.2, -0.15) is 0 Å². The van der Waals surface area contributed by atoms with Gasteiger partial charge in [0, 0.05) is 42.4 Å². The van der Waals surface area contributed by atoms with Crippen molar-refractivity contribution in [3.8, 4) is 11.8 Å². The van der Waals surface area contributed by atoms with Crippen LogP contribution in [-0.4, -0.2) is 53.5 Å². The molecule has 1 aromatic rings. The Kier molecular flexibility index (Phi) is 8.45. The lowest BCUT2D eigenvalue weighted by Crippen LogP contribution is -2.40. The molecule has 0 spiro atoms. The van der Waals surface area contributed by atoms with Crippen LogP contribution in [0.1, 0.15) is 48.0 Å². The Labute approximate surface area is 217 Å². The van der Waals surface area contributed by atoms with Crippen molar-refractivity contribution in [1.29, 1.82) is 5.41 Å². The normalized spacial score (nSPS) is 20.2. The second-order valence-electron chi connectivity index (χ2n) is 8.80. The molecule has 3 heterocycles. The summed E-state index contributed by atoms with van der Waals surface area (Å²) in [6.07, 6.45) is 5.21. The molecule has 1 saturated carbocycles. The lowest BCUT2D eigenvalue weighted by molar-refractivity contribution is -0.119. The third kappa shape index (κ3) is 6.67. The average molecular weight is 531 g/mol. The van der Waals surface area contributed by atoms with Crippen molar-refractivity contribution in [2.45, 2.75) is 50.1 Å². The van der Waals surface area contributed by atoms with Gasteiger partial charge in [-0.25, -0.2) is 13.8 Å². The molecular weight excluding hydrogens is 502 g/mol. The predicted molar refractivity (Wildman–Crippen MR) is 138 cm³/mol. The highest BCUT2D eigenvalue weighted by Gasteiger charge is 2.29. The summed E-state index contributed by atoms with van der Waals surface area (Å²) >= 11 is 0.892. The molecule has 37 heavy (non-hydrogen) atoms. The smallest absolute Gasteiger partial charge is 0.261 e. The summed E-state index contributed by atoms with van der Waals surface area (Å²) < 4.78 is 32.5. The number of dihydropyridines is 1. The maximum absolute atomic E-state index is 13.6. The molecule has 2 amide bonds. The molecule has 12 heteroatoms. The fraction of sp³-hybridized carbons (Fsp3) is 0.440. The summed E-state index contributed by atoms with van der Waals surface area (Å²) in [6, 6.07) is 0.230.